The highest BCUT2D eigenvalue weighted by Gasteiger charge is 2.47. The van der Waals surface area contributed by atoms with Gasteiger partial charge in [-0.05, 0) is 134 Å². The van der Waals surface area contributed by atoms with Crippen LogP contribution in [0.1, 0.15) is 183 Å². The molecule has 1 aliphatic rings. The van der Waals surface area contributed by atoms with Crippen LogP contribution < -0.4 is 21.3 Å². The zero-order valence-electron chi connectivity index (χ0n) is 63.4. The highest BCUT2D eigenvalue weighted by atomic mass is 32.2. The molecule has 1 fully saturated rings. The van der Waals surface area contributed by atoms with Gasteiger partial charge in [0.05, 0.1) is 11.7 Å². The molecule has 0 spiro atoms. The van der Waals surface area contributed by atoms with Crippen molar-refractivity contribution >= 4 is 76.7 Å². The lowest BCUT2D eigenvalue weighted by atomic mass is 9.91. The van der Waals surface area contributed by atoms with E-state index in [-0.39, 0.29) is 56.3 Å². The minimum Gasteiger partial charge on any atom is -0.390 e. The summed E-state index contributed by atoms with van der Waals surface area (Å²) >= 11 is 1.15. The Hall–Kier alpha value is -5.86. The highest BCUT2D eigenvalue weighted by Crippen LogP contribution is 2.28. The van der Waals surface area contributed by atoms with Crippen molar-refractivity contribution in [3.05, 3.63) is 12.2 Å². The number of nitrogens with one attached hydrogen (secondary N) is 4. The summed E-state index contributed by atoms with van der Waals surface area (Å²) in [6.45, 7) is 35.4. The average Bonchev–Trinajstić information content (AvgIpc) is 0.827. The lowest BCUT2D eigenvalue weighted by Crippen LogP contribution is -2.64. The maximum absolute atomic E-state index is 15.5. The van der Waals surface area contributed by atoms with Crippen LogP contribution in [-0.2, 0) is 52.7 Å². The number of hydrogen-bond acceptors (Lipinski definition) is 15. The molecular weight excluding hydrogens is 1250 g/mol. The van der Waals surface area contributed by atoms with E-state index in [9.17, 15) is 29.4 Å². The molecule has 25 nitrogen and oxygen atoms in total. The molecule has 0 aromatic carbocycles. The number of amides is 11. The molecule has 26 heteroatoms. The molecule has 1 saturated heterocycles. The third-order valence-electron chi connectivity index (χ3n) is 18.1. The van der Waals surface area contributed by atoms with Gasteiger partial charge in [-0.3, -0.25) is 52.7 Å². The summed E-state index contributed by atoms with van der Waals surface area (Å²) in [6.07, 6.45) is 3.38. The van der Waals surface area contributed by atoms with Crippen molar-refractivity contribution in [1.29, 1.82) is 0 Å². The fourth-order valence-corrected chi connectivity index (χ4v) is 13.3. The molecule has 0 unspecified atom stereocenters. The molecule has 0 aliphatic carbocycles. The van der Waals surface area contributed by atoms with E-state index in [4.69, 9.17) is 0 Å². The largest absolute Gasteiger partial charge is 0.390 e. The van der Waals surface area contributed by atoms with E-state index in [2.05, 4.69) is 26.2 Å². The van der Waals surface area contributed by atoms with Crippen molar-refractivity contribution in [3.63, 3.8) is 0 Å². The van der Waals surface area contributed by atoms with Crippen LogP contribution in [0.5, 0.6) is 0 Å². The van der Waals surface area contributed by atoms with Gasteiger partial charge in [-0.25, -0.2) is 0 Å². The normalized spacial score (nSPS) is 26.2. The van der Waals surface area contributed by atoms with Gasteiger partial charge in [0.25, 0.3) is 5.91 Å². The summed E-state index contributed by atoms with van der Waals surface area (Å²) in [5.41, 5.74) is -1.59. The Bertz CT molecular complexity index is 2600. The zero-order chi connectivity index (χ0) is 74.3. The Kier molecular flexibility index (Phi) is 37.5. The second-order valence-corrected chi connectivity index (χ2v) is 30.4. The monoisotopic (exact) mass is 1380 g/mol. The van der Waals surface area contributed by atoms with E-state index >= 15 is 33.6 Å². The van der Waals surface area contributed by atoms with Crippen LogP contribution in [0, 0.1) is 35.5 Å². The van der Waals surface area contributed by atoms with Gasteiger partial charge in [-0.15, -0.1) is 11.8 Å². The summed E-state index contributed by atoms with van der Waals surface area (Å²) < 4.78 is 0. The van der Waals surface area contributed by atoms with Crippen molar-refractivity contribution in [3.8, 4) is 0 Å². The molecule has 1 rings (SSSR count). The third-order valence-corrected chi connectivity index (χ3v) is 19.5. The second-order valence-electron chi connectivity index (χ2n) is 29.2. The standard InChI is InChI=1S/C70H128N12O13S/c1-27-31-34-46(15)57(83)56-61(87)73-49(33-28-2)63(89)81(26)69(96-36-32-35-82(29-3)30-4)68(94)78(23)53(40-70(18,19)95)60(86)74-54(44(11)12)66(92)75(20)50(37-41(5)6)59(85)71-47(16)58(84)72-48(17)62(88)76(21)51(38-42(7)8)64(90)77(22)52(39-43(9)10)65(91)79(24)55(45(13)14)67(93)80(56)25/h27,31,41-57,69,83,95H,28-30,32-40H2,1-26H3,(H,71,85)(H,72,84)(H,73,87)(H,74,86)/b31-27+/t46-,47-,48+,49+,50-,51-,52+,53+,54-,55+,56+,57-,69-/m1/s1. The minimum atomic E-state index is -1.66. The van der Waals surface area contributed by atoms with E-state index in [0.29, 0.717) is 25.1 Å². The Balaban J connectivity index is 4.63. The number of likely N-dealkylation sites (N-methyl/N-ethyl adjacent to an activating group) is 7. The first kappa shape index (κ1) is 88.2. The molecule has 1 heterocycles. The molecule has 6 N–H and O–H groups in total. The molecule has 1 aliphatic heterocycles. The van der Waals surface area contributed by atoms with E-state index in [0.717, 1.165) is 34.7 Å². The number of hydrogen-bond donors (Lipinski definition) is 6. The number of nitrogens with zero attached hydrogens (tertiary/aromatic N) is 8. The molecular formula is C70H128N12O13S. The predicted molar refractivity (Wildman–Crippen MR) is 378 cm³/mol. The van der Waals surface area contributed by atoms with Crippen molar-refractivity contribution < 1.29 is 63.0 Å². The third kappa shape index (κ3) is 25.8. The maximum Gasteiger partial charge on any atom is 0.256 e. The summed E-state index contributed by atoms with van der Waals surface area (Å²) in [7, 11) is 9.92. The van der Waals surface area contributed by atoms with Crippen LogP contribution in [-0.4, -0.2) is 267 Å². The SMILES string of the molecule is C/C=C/C[C@@H](C)[C@@H](O)[C@H]1C(=O)N[C@@H](CCC)C(=O)N(C)[C@H](SCCCN(CC)CC)C(=O)N(C)[C@@H](CC(C)(C)O)C(=O)N[C@H](C(C)C)C(=O)N(C)[C@H](CC(C)C)C(=O)N[C@H](C)C(=O)N[C@@H](C)C(=O)N(C)[C@H](CC(C)C)C(=O)N(C)[C@@H](CC(C)C)C(=O)N(C)[C@@H](C(C)C)C(=O)N1C. The minimum absolute atomic E-state index is 0.0414. The fourth-order valence-electron chi connectivity index (χ4n) is 12.1. The zero-order valence-corrected chi connectivity index (χ0v) is 64.2. The van der Waals surface area contributed by atoms with Gasteiger partial charge >= 0.3 is 0 Å². The lowest BCUT2D eigenvalue weighted by Gasteiger charge is -2.41. The summed E-state index contributed by atoms with van der Waals surface area (Å²) in [5.74, 6) is -9.89. The summed E-state index contributed by atoms with van der Waals surface area (Å²) in [6, 6.07) is -13.1. The topological polar surface area (TPSA) is 302 Å². The Morgan fingerprint density at radius 1 is 0.521 bits per heavy atom. The first-order valence-corrected chi connectivity index (χ1v) is 35.9. The van der Waals surface area contributed by atoms with Gasteiger partial charge in [0, 0.05) is 55.8 Å². The van der Waals surface area contributed by atoms with Gasteiger partial charge in [0.1, 0.15) is 60.4 Å². The van der Waals surface area contributed by atoms with Crippen molar-refractivity contribution in [2.24, 2.45) is 35.5 Å². The van der Waals surface area contributed by atoms with Crippen LogP contribution in [0.2, 0.25) is 0 Å². The number of allylic oxidation sites excluding steroid dienone is 2. The van der Waals surface area contributed by atoms with Gasteiger partial charge < -0.3 is 70.7 Å². The number of aliphatic hydroxyl groups is 2. The molecule has 11 amide bonds. The Morgan fingerprint density at radius 2 is 0.979 bits per heavy atom. The quantitative estimate of drug-likeness (QED) is 0.0604. The van der Waals surface area contributed by atoms with E-state index in [1.54, 1.807) is 54.5 Å². The van der Waals surface area contributed by atoms with E-state index in [1.165, 1.54) is 102 Å². The Morgan fingerprint density at radius 3 is 1.45 bits per heavy atom. The first-order valence-electron chi connectivity index (χ1n) is 34.8. The van der Waals surface area contributed by atoms with Gasteiger partial charge in [-0.2, -0.15) is 0 Å². The molecule has 13 atom stereocenters. The highest BCUT2D eigenvalue weighted by molar-refractivity contribution is 8.00. The average molecular weight is 1380 g/mol. The predicted octanol–water partition coefficient (Wildman–Crippen LogP) is 4.57. The molecule has 0 aromatic rings. The number of aliphatic hydroxyl groups excluding tert-OH is 1. The smallest absolute Gasteiger partial charge is 0.256 e. The van der Waals surface area contributed by atoms with Crippen LogP contribution in [0.25, 0.3) is 0 Å². The molecule has 552 valence electrons. The molecule has 0 aromatic heterocycles. The van der Waals surface area contributed by atoms with Gasteiger partial charge in [0.2, 0.25) is 59.1 Å². The molecule has 0 saturated carbocycles. The van der Waals surface area contributed by atoms with E-state index < -0.39 is 160 Å². The molecule has 96 heavy (non-hydrogen) atoms. The fraction of sp³-hybridized carbons (Fsp3) is 0.814. The second kappa shape index (κ2) is 40.9. The molecule has 0 radical (unpaired) electrons. The van der Waals surface area contributed by atoms with Gasteiger partial charge in [-0.1, -0.05) is 116 Å². The van der Waals surface area contributed by atoms with E-state index in [1.807, 2.05) is 61.5 Å². The first-order chi connectivity index (χ1) is 44.4. The van der Waals surface area contributed by atoms with Crippen LogP contribution in [0.3, 0.4) is 0 Å². The van der Waals surface area contributed by atoms with Gasteiger partial charge in [0.15, 0.2) is 5.37 Å². The summed E-state index contributed by atoms with van der Waals surface area (Å²) in [4.78, 5) is 176. The molecule has 0 bridgehead atoms. The number of carbonyl (C=O) groups is 11. The van der Waals surface area contributed by atoms with Crippen molar-refractivity contribution in [1.82, 2.24) is 60.5 Å². The Labute approximate surface area is 580 Å². The maximum atomic E-state index is 15.5. The van der Waals surface area contributed by atoms with Crippen molar-refractivity contribution in [2.45, 2.75) is 260 Å². The van der Waals surface area contributed by atoms with Crippen LogP contribution in [0.4, 0.5) is 0 Å². The summed E-state index contributed by atoms with van der Waals surface area (Å²) in [5, 5.41) is 33.6. The van der Waals surface area contributed by atoms with Crippen LogP contribution in [0.15, 0.2) is 12.2 Å². The lowest BCUT2D eigenvalue weighted by molar-refractivity contribution is -0.157. The number of rotatable bonds is 23. The number of thioether (sulfide) groups is 1. The number of carbonyl (C=O) groups excluding carboxylic acids is 11. The van der Waals surface area contributed by atoms with Crippen molar-refractivity contribution in [2.75, 3.05) is 74.7 Å². The van der Waals surface area contributed by atoms with Crippen LogP contribution >= 0.6 is 11.8 Å².